The molecule has 2 aromatic carbocycles. The van der Waals surface area contributed by atoms with Gasteiger partial charge in [0.1, 0.15) is 5.75 Å². The van der Waals surface area contributed by atoms with Crippen LogP contribution in [0.2, 0.25) is 0 Å². The fraction of sp³-hybridized carbons (Fsp3) is 0.222. The minimum absolute atomic E-state index is 0.135. The minimum Gasteiger partial charge on any atom is -0.497 e. The van der Waals surface area contributed by atoms with Crippen LogP contribution < -0.4 is 9.54 Å². The molecule has 0 radical (unpaired) electrons. The van der Waals surface area contributed by atoms with Crippen molar-refractivity contribution in [3.8, 4) is 5.75 Å². The number of carbonyl (C=O) groups excluding carboxylic acids is 1. The number of aromatic nitrogens is 1. The molecule has 4 nitrogen and oxygen atoms in total. The summed E-state index contributed by atoms with van der Waals surface area (Å²) in [5.41, 5.74) is 2.06. The molecule has 0 aliphatic heterocycles. The summed E-state index contributed by atoms with van der Waals surface area (Å²) in [7, 11) is 1.63. The number of thiazole rings is 1. The predicted molar refractivity (Wildman–Crippen MR) is 92.8 cm³/mol. The maximum Gasteiger partial charge on any atom is 0.252 e. The molecule has 0 unspecified atom stereocenters. The topological polar surface area (TPSA) is 43.6 Å². The number of hydrogen-bond donors (Lipinski definition) is 0. The lowest BCUT2D eigenvalue weighted by Crippen LogP contribution is -2.16. The summed E-state index contributed by atoms with van der Waals surface area (Å²) in [6, 6.07) is 15.6. The molecule has 0 saturated heterocycles. The normalized spacial score (nSPS) is 11.8. The van der Waals surface area contributed by atoms with Gasteiger partial charge in [-0.05, 0) is 36.8 Å². The minimum atomic E-state index is -0.135. The Bertz CT molecular complexity index is 891. The quantitative estimate of drug-likeness (QED) is 0.737. The molecule has 0 aliphatic rings. The molecule has 0 bridgehead atoms. The number of benzene rings is 2. The standard InChI is InChI=1S/C18H18N2O2S/c1-3-20-15-6-4-5-7-16(15)23-18(20)19-17(21)12-13-8-10-14(22-2)11-9-13/h4-11H,3,12H2,1-2H3. The number of amides is 1. The molecule has 23 heavy (non-hydrogen) atoms. The van der Waals surface area contributed by atoms with Crippen LogP contribution in [0.1, 0.15) is 12.5 Å². The van der Waals surface area contributed by atoms with Gasteiger partial charge in [0, 0.05) is 6.54 Å². The van der Waals surface area contributed by atoms with Crippen molar-refractivity contribution in [2.24, 2.45) is 4.99 Å². The van der Waals surface area contributed by atoms with Crippen molar-refractivity contribution in [2.45, 2.75) is 19.9 Å². The summed E-state index contributed by atoms with van der Waals surface area (Å²) in [4.78, 5) is 17.3. The van der Waals surface area contributed by atoms with Gasteiger partial charge in [0.25, 0.3) is 5.91 Å². The molecular weight excluding hydrogens is 308 g/mol. The summed E-state index contributed by atoms with van der Waals surface area (Å²) in [5, 5.41) is 0. The van der Waals surface area contributed by atoms with Crippen molar-refractivity contribution >= 4 is 27.5 Å². The second kappa shape index (κ2) is 6.79. The molecule has 0 aliphatic carbocycles. The molecule has 1 aromatic heterocycles. The number of ether oxygens (including phenoxy) is 1. The van der Waals surface area contributed by atoms with E-state index in [9.17, 15) is 4.79 Å². The van der Waals surface area contributed by atoms with Crippen LogP contribution in [0, 0.1) is 0 Å². The third-order valence-corrected chi connectivity index (χ3v) is 4.70. The molecule has 1 heterocycles. The Labute approximate surface area is 138 Å². The first kappa shape index (κ1) is 15.5. The van der Waals surface area contributed by atoms with E-state index in [-0.39, 0.29) is 5.91 Å². The van der Waals surface area contributed by atoms with Crippen LogP contribution in [0.15, 0.2) is 53.5 Å². The maximum atomic E-state index is 12.3. The van der Waals surface area contributed by atoms with Crippen molar-refractivity contribution in [2.75, 3.05) is 7.11 Å². The average molecular weight is 326 g/mol. The van der Waals surface area contributed by atoms with Gasteiger partial charge in [-0.15, -0.1) is 0 Å². The number of rotatable bonds is 4. The lowest BCUT2D eigenvalue weighted by Gasteiger charge is -2.01. The van der Waals surface area contributed by atoms with Gasteiger partial charge in [-0.2, -0.15) is 4.99 Å². The fourth-order valence-electron chi connectivity index (χ4n) is 2.48. The van der Waals surface area contributed by atoms with Crippen LogP contribution in [0.5, 0.6) is 5.75 Å². The number of aryl methyl sites for hydroxylation is 1. The zero-order valence-corrected chi connectivity index (χ0v) is 14.0. The van der Waals surface area contributed by atoms with Gasteiger partial charge < -0.3 is 9.30 Å². The maximum absolute atomic E-state index is 12.3. The monoisotopic (exact) mass is 326 g/mol. The molecule has 5 heteroatoms. The van der Waals surface area contributed by atoms with E-state index in [4.69, 9.17) is 4.74 Å². The van der Waals surface area contributed by atoms with Crippen LogP contribution in [0.4, 0.5) is 0 Å². The molecule has 3 aromatic rings. The average Bonchev–Trinajstić information content (AvgIpc) is 2.92. The van der Waals surface area contributed by atoms with Crippen LogP contribution in [-0.4, -0.2) is 17.6 Å². The lowest BCUT2D eigenvalue weighted by molar-refractivity contribution is -0.117. The molecule has 0 atom stereocenters. The van der Waals surface area contributed by atoms with Gasteiger partial charge in [0.15, 0.2) is 4.80 Å². The highest BCUT2D eigenvalue weighted by atomic mass is 32.1. The van der Waals surface area contributed by atoms with Gasteiger partial charge >= 0.3 is 0 Å². The molecule has 0 fully saturated rings. The first-order valence-corrected chi connectivity index (χ1v) is 8.31. The summed E-state index contributed by atoms with van der Waals surface area (Å²) in [5.74, 6) is 0.649. The molecule has 1 amide bonds. The van der Waals surface area contributed by atoms with Gasteiger partial charge in [-0.3, -0.25) is 4.79 Å². The van der Waals surface area contributed by atoms with E-state index < -0.39 is 0 Å². The van der Waals surface area contributed by atoms with Gasteiger partial charge in [0.05, 0.1) is 23.7 Å². The first-order chi connectivity index (χ1) is 11.2. The number of nitrogens with zero attached hydrogens (tertiary/aromatic N) is 2. The molecule has 0 spiro atoms. The van der Waals surface area contributed by atoms with Gasteiger partial charge in [-0.25, -0.2) is 0 Å². The summed E-state index contributed by atoms with van der Waals surface area (Å²) < 4.78 is 8.34. The highest BCUT2D eigenvalue weighted by Crippen LogP contribution is 2.16. The van der Waals surface area contributed by atoms with Crippen molar-refractivity contribution in [3.63, 3.8) is 0 Å². The highest BCUT2D eigenvalue weighted by Gasteiger charge is 2.07. The number of fused-ring (bicyclic) bond motifs is 1. The number of carbonyl (C=O) groups is 1. The second-order valence-electron chi connectivity index (χ2n) is 5.13. The Balaban J connectivity index is 1.89. The SMILES string of the molecule is CCn1c(=NC(=O)Cc2ccc(OC)cc2)sc2ccccc21. The third kappa shape index (κ3) is 3.35. The van der Waals surface area contributed by atoms with Crippen LogP contribution in [-0.2, 0) is 17.8 Å². The van der Waals surface area contributed by atoms with Crippen molar-refractivity contribution in [1.82, 2.24) is 4.57 Å². The van der Waals surface area contributed by atoms with E-state index in [2.05, 4.69) is 28.6 Å². The number of para-hydroxylation sites is 1. The van der Waals surface area contributed by atoms with E-state index in [1.807, 2.05) is 36.4 Å². The molecule has 0 N–H and O–H groups in total. The summed E-state index contributed by atoms with van der Waals surface area (Å²) in [6.07, 6.45) is 0.294. The highest BCUT2D eigenvalue weighted by molar-refractivity contribution is 7.16. The number of hydrogen-bond acceptors (Lipinski definition) is 3. The Kier molecular flexibility index (Phi) is 4.57. The van der Waals surface area contributed by atoms with Crippen LogP contribution in [0.3, 0.4) is 0 Å². The van der Waals surface area contributed by atoms with E-state index in [1.165, 1.54) is 0 Å². The zero-order chi connectivity index (χ0) is 16.2. The first-order valence-electron chi connectivity index (χ1n) is 7.50. The van der Waals surface area contributed by atoms with E-state index in [0.717, 1.165) is 32.9 Å². The van der Waals surface area contributed by atoms with E-state index in [0.29, 0.717) is 6.42 Å². The molecule has 0 saturated carbocycles. The van der Waals surface area contributed by atoms with Gasteiger partial charge in [-0.1, -0.05) is 35.6 Å². The van der Waals surface area contributed by atoms with Crippen molar-refractivity contribution < 1.29 is 9.53 Å². The largest absolute Gasteiger partial charge is 0.497 e. The summed E-state index contributed by atoms with van der Waals surface area (Å²) >= 11 is 1.55. The van der Waals surface area contributed by atoms with Crippen molar-refractivity contribution in [1.29, 1.82) is 0 Å². The fourth-order valence-corrected chi connectivity index (χ4v) is 3.59. The molecular formula is C18H18N2O2S. The van der Waals surface area contributed by atoms with Crippen molar-refractivity contribution in [3.05, 3.63) is 58.9 Å². The Hall–Kier alpha value is -2.40. The predicted octanol–water partition coefficient (Wildman–Crippen LogP) is 3.40. The lowest BCUT2D eigenvalue weighted by atomic mass is 10.1. The van der Waals surface area contributed by atoms with Crippen LogP contribution >= 0.6 is 11.3 Å². The number of methoxy groups -OCH3 is 1. The molecule has 3 rings (SSSR count). The molecule has 118 valence electrons. The third-order valence-electron chi connectivity index (χ3n) is 3.64. The summed E-state index contributed by atoms with van der Waals surface area (Å²) in [6.45, 7) is 2.85. The Morgan fingerprint density at radius 1 is 1.17 bits per heavy atom. The van der Waals surface area contributed by atoms with Gasteiger partial charge in [0.2, 0.25) is 0 Å². The smallest absolute Gasteiger partial charge is 0.252 e. The second-order valence-corrected chi connectivity index (χ2v) is 6.14. The van der Waals surface area contributed by atoms with E-state index >= 15 is 0 Å². The Morgan fingerprint density at radius 2 is 1.91 bits per heavy atom. The van der Waals surface area contributed by atoms with E-state index in [1.54, 1.807) is 18.4 Å². The van der Waals surface area contributed by atoms with Crippen LogP contribution in [0.25, 0.3) is 10.2 Å². The zero-order valence-electron chi connectivity index (χ0n) is 13.2. The Morgan fingerprint density at radius 3 is 2.61 bits per heavy atom.